The highest BCUT2D eigenvalue weighted by molar-refractivity contribution is 7.09. The van der Waals surface area contributed by atoms with Crippen molar-refractivity contribution in [3.05, 3.63) is 45.7 Å². The van der Waals surface area contributed by atoms with Crippen LogP contribution < -0.4 is 0 Å². The summed E-state index contributed by atoms with van der Waals surface area (Å²) in [5.74, 6) is 0.346. The monoisotopic (exact) mass is 373 g/mol. The second kappa shape index (κ2) is 7.06. The Hall–Kier alpha value is -1.83. The molecule has 4 rings (SSSR count). The molecule has 0 unspecified atom stereocenters. The number of pyridine rings is 1. The summed E-state index contributed by atoms with van der Waals surface area (Å²) in [5, 5.41) is 3.10. The molecule has 2 aromatic rings. The van der Waals surface area contributed by atoms with Gasteiger partial charge in [0.2, 0.25) is 0 Å². The van der Waals surface area contributed by atoms with Crippen molar-refractivity contribution in [1.29, 1.82) is 0 Å². The molecule has 0 bridgehead atoms. The van der Waals surface area contributed by atoms with Gasteiger partial charge in [0.25, 0.3) is 5.91 Å². The van der Waals surface area contributed by atoms with Crippen molar-refractivity contribution in [1.82, 2.24) is 14.9 Å². The second-order valence-corrected chi connectivity index (χ2v) is 8.18. The number of aromatic nitrogens is 2. The number of amides is 1. The van der Waals surface area contributed by atoms with Gasteiger partial charge in [-0.3, -0.25) is 9.78 Å². The topological polar surface area (TPSA) is 64.6 Å². The predicted octanol–water partition coefficient (Wildman–Crippen LogP) is 2.60. The number of nitrogens with zero attached hydrogens (tertiary/aromatic N) is 3. The summed E-state index contributed by atoms with van der Waals surface area (Å²) in [7, 11) is 0. The van der Waals surface area contributed by atoms with Crippen LogP contribution in [0.5, 0.6) is 0 Å². The van der Waals surface area contributed by atoms with E-state index in [0.717, 1.165) is 29.4 Å². The number of carbonyl (C=O) groups excluding carboxylic acids is 1. The maximum Gasteiger partial charge on any atom is 0.255 e. The Morgan fingerprint density at radius 2 is 2.27 bits per heavy atom. The minimum atomic E-state index is -0.244. The molecular formula is C19H23N3O3S. The van der Waals surface area contributed by atoms with E-state index < -0.39 is 0 Å². The van der Waals surface area contributed by atoms with Crippen LogP contribution in [0.4, 0.5) is 0 Å². The predicted molar refractivity (Wildman–Crippen MR) is 98.2 cm³/mol. The van der Waals surface area contributed by atoms with Gasteiger partial charge in [-0.1, -0.05) is 0 Å². The fourth-order valence-electron chi connectivity index (χ4n) is 3.67. The Bertz CT molecular complexity index is 784. The molecule has 1 amide bonds. The fraction of sp³-hybridized carbons (Fsp3) is 0.526. The Labute approximate surface area is 157 Å². The van der Waals surface area contributed by atoms with Crippen LogP contribution in [0.3, 0.4) is 0 Å². The summed E-state index contributed by atoms with van der Waals surface area (Å²) < 4.78 is 11.9. The van der Waals surface area contributed by atoms with Gasteiger partial charge in [-0.25, -0.2) is 4.98 Å². The molecule has 1 spiro atoms. The van der Waals surface area contributed by atoms with E-state index >= 15 is 0 Å². The molecule has 0 saturated carbocycles. The van der Waals surface area contributed by atoms with E-state index in [0.29, 0.717) is 37.8 Å². The first-order valence-corrected chi connectivity index (χ1v) is 9.78. The van der Waals surface area contributed by atoms with Gasteiger partial charge < -0.3 is 14.4 Å². The number of ether oxygens (including phenoxy) is 2. The number of rotatable bonds is 5. The Balaban J connectivity index is 1.31. The summed E-state index contributed by atoms with van der Waals surface area (Å²) in [5.41, 5.74) is 2.28. The summed E-state index contributed by atoms with van der Waals surface area (Å²) in [6, 6.07) is 3.70. The summed E-state index contributed by atoms with van der Waals surface area (Å²) >= 11 is 1.64. The van der Waals surface area contributed by atoms with E-state index in [1.807, 2.05) is 36.3 Å². The van der Waals surface area contributed by atoms with Crippen LogP contribution in [0.15, 0.2) is 23.7 Å². The minimum Gasteiger partial charge on any atom is -0.375 e. The molecular weight excluding hydrogens is 350 g/mol. The van der Waals surface area contributed by atoms with Crippen LogP contribution in [0, 0.1) is 19.8 Å². The third-order valence-electron chi connectivity index (χ3n) is 5.20. The van der Waals surface area contributed by atoms with Crippen LogP contribution in [-0.2, 0) is 16.1 Å². The normalized spacial score (nSPS) is 21.2. The van der Waals surface area contributed by atoms with Gasteiger partial charge in [-0.15, -0.1) is 11.3 Å². The Kier molecular flexibility index (Phi) is 4.77. The number of thiazole rings is 1. The van der Waals surface area contributed by atoms with E-state index in [1.54, 1.807) is 17.5 Å². The molecule has 4 heterocycles. The lowest BCUT2D eigenvalue weighted by molar-refractivity contribution is -0.129. The molecule has 2 aliphatic heterocycles. The van der Waals surface area contributed by atoms with E-state index in [9.17, 15) is 4.79 Å². The maximum absolute atomic E-state index is 12.6. The molecule has 2 aromatic heterocycles. The maximum atomic E-state index is 12.6. The molecule has 138 valence electrons. The van der Waals surface area contributed by atoms with E-state index in [4.69, 9.17) is 9.47 Å². The van der Waals surface area contributed by atoms with Crippen molar-refractivity contribution < 1.29 is 14.3 Å². The molecule has 26 heavy (non-hydrogen) atoms. The van der Waals surface area contributed by atoms with Crippen molar-refractivity contribution in [3.63, 3.8) is 0 Å². The lowest BCUT2D eigenvalue weighted by Crippen LogP contribution is -2.66. The zero-order valence-corrected chi connectivity index (χ0v) is 15.9. The van der Waals surface area contributed by atoms with Gasteiger partial charge >= 0.3 is 0 Å². The van der Waals surface area contributed by atoms with Gasteiger partial charge in [-0.05, 0) is 32.4 Å². The van der Waals surface area contributed by atoms with Crippen molar-refractivity contribution in [2.24, 2.45) is 5.92 Å². The average molecular weight is 373 g/mol. The Morgan fingerprint density at radius 1 is 1.42 bits per heavy atom. The van der Waals surface area contributed by atoms with Crippen molar-refractivity contribution in [3.8, 4) is 0 Å². The van der Waals surface area contributed by atoms with Crippen molar-refractivity contribution >= 4 is 17.2 Å². The van der Waals surface area contributed by atoms with Crippen molar-refractivity contribution in [2.75, 3.05) is 26.3 Å². The Morgan fingerprint density at radius 3 is 2.96 bits per heavy atom. The van der Waals surface area contributed by atoms with Gasteiger partial charge in [0.15, 0.2) is 0 Å². The van der Waals surface area contributed by atoms with Crippen LogP contribution in [0.2, 0.25) is 0 Å². The first-order chi connectivity index (χ1) is 12.6. The highest BCUT2D eigenvalue weighted by Gasteiger charge is 2.54. The highest BCUT2D eigenvalue weighted by atomic mass is 32.1. The van der Waals surface area contributed by atoms with Crippen molar-refractivity contribution in [2.45, 2.75) is 32.5 Å². The smallest absolute Gasteiger partial charge is 0.255 e. The zero-order valence-electron chi connectivity index (χ0n) is 15.1. The highest BCUT2D eigenvalue weighted by Crippen LogP contribution is 2.40. The van der Waals surface area contributed by atoms with Crippen LogP contribution in [-0.4, -0.2) is 52.7 Å². The number of likely N-dealkylation sites (tertiary alicyclic amines) is 1. The fourth-order valence-corrected chi connectivity index (χ4v) is 4.27. The second-order valence-electron chi connectivity index (χ2n) is 7.12. The van der Waals surface area contributed by atoms with E-state index in [-0.39, 0.29) is 11.5 Å². The first-order valence-electron chi connectivity index (χ1n) is 8.90. The number of carbonyl (C=O) groups is 1. The van der Waals surface area contributed by atoms with Gasteiger partial charge in [0.1, 0.15) is 5.60 Å². The van der Waals surface area contributed by atoms with Gasteiger partial charge in [-0.2, -0.15) is 0 Å². The molecule has 1 atom stereocenters. The van der Waals surface area contributed by atoms with E-state index in [2.05, 4.69) is 9.97 Å². The molecule has 2 aliphatic rings. The standard InChI is InChI=1S/C19H23N3O3S/c1-13-3-4-15(7-20-13)18(23)22-11-19(12-22)16(5-6-25-19)8-24-9-17-10-26-14(2)21-17/h3-4,7,10,16H,5-6,8-9,11-12H2,1-2H3/t16-/m0/s1. The zero-order chi connectivity index (χ0) is 18.1. The molecule has 0 aromatic carbocycles. The summed E-state index contributed by atoms with van der Waals surface area (Å²) in [6.07, 6.45) is 2.62. The molecule has 7 heteroatoms. The number of hydrogen-bond acceptors (Lipinski definition) is 6. The lowest BCUT2D eigenvalue weighted by Gasteiger charge is -2.50. The molecule has 0 radical (unpaired) electrons. The van der Waals surface area contributed by atoms with Crippen LogP contribution >= 0.6 is 11.3 Å². The largest absolute Gasteiger partial charge is 0.375 e. The van der Waals surface area contributed by atoms with Crippen LogP contribution in [0.1, 0.15) is 33.2 Å². The van der Waals surface area contributed by atoms with Gasteiger partial charge in [0.05, 0.1) is 42.6 Å². The minimum absolute atomic E-state index is 0.0243. The third kappa shape index (κ3) is 3.39. The SMILES string of the molecule is Cc1ccc(C(=O)N2CC3(C2)OCC[C@H]3COCc2csc(C)n2)cn1. The van der Waals surface area contributed by atoms with E-state index in [1.165, 1.54) is 0 Å². The third-order valence-corrected chi connectivity index (χ3v) is 6.02. The molecule has 6 nitrogen and oxygen atoms in total. The first kappa shape index (κ1) is 17.6. The quantitative estimate of drug-likeness (QED) is 0.806. The lowest BCUT2D eigenvalue weighted by atomic mass is 9.81. The molecule has 2 saturated heterocycles. The summed E-state index contributed by atoms with van der Waals surface area (Å²) in [4.78, 5) is 23.1. The molecule has 2 fully saturated rings. The molecule has 0 aliphatic carbocycles. The number of hydrogen-bond donors (Lipinski definition) is 0. The average Bonchev–Trinajstić information content (AvgIpc) is 3.20. The van der Waals surface area contributed by atoms with Crippen LogP contribution in [0.25, 0.3) is 0 Å². The number of aryl methyl sites for hydroxylation is 2. The summed E-state index contributed by atoms with van der Waals surface area (Å²) in [6.45, 7) is 7.08. The molecule has 0 N–H and O–H groups in total. The van der Waals surface area contributed by atoms with Gasteiger partial charge in [0, 0.05) is 29.8 Å².